The quantitative estimate of drug-likeness (QED) is 0.349. The van der Waals surface area contributed by atoms with Gasteiger partial charge in [0.2, 0.25) is 0 Å². The van der Waals surface area contributed by atoms with E-state index in [9.17, 15) is 5.11 Å². The number of hydrogen-bond donors (Lipinski definition) is 1. The van der Waals surface area contributed by atoms with E-state index in [1.165, 1.54) is 12.8 Å². The van der Waals surface area contributed by atoms with E-state index in [4.69, 9.17) is 9.47 Å². The van der Waals surface area contributed by atoms with Crippen LogP contribution in [0.2, 0.25) is 0 Å². The van der Waals surface area contributed by atoms with Crippen LogP contribution < -0.4 is 0 Å². The van der Waals surface area contributed by atoms with Gasteiger partial charge in [0.05, 0.1) is 19.3 Å². The van der Waals surface area contributed by atoms with Crippen LogP contribution in [0.3, 0.4) is 0 Å². The van der Waals surface area contributed by atoms with Crippen molar-refractivity contribution in [2.24, 2.45) is 10.8 Å². The molecule has 1 aliphatic heterocycles. The molecule has 4 rings (SSSR count). The zero-order chi connectivity index (χ0) is 20.9. The summed E-state index contributed by atoms with van der Waals surface area (Å²) in [7, 11) is 0. The van der Waals surface area contributed by atoms with Crippen LogP contribution in [0.4, 0.5) is 0 Å². The van der Waals surface area contributed by atoms with Crippen LogP contribution in [0.5, 0.6) is 0 Å². The first-order valence-corrected chi connectivity index (χ1v) is 11.4. The predicted octanol–water partition coefficient (Wildman–Crippen LogP) is 5.40. The van der Waals surface area contributed by atoms with Crippen molar-refractivity contribution in [2.75, 3.05) is 13.2 Å². The Labute approximate surface area is 223 Å². The predicted molar refractivity (Wildman–Crippen MR) is 120 cm³/mol. The van der Waals surface area contributed by atoms with Crippen molar-refractivity contribution in [3.05, 3.63) is 60.2 Å². The summed E-state index contributed by atoms with van der Waals surface area (Å²) in [4.78, 5) is 0. The van der Waals surface area contributed by atoms with Crippen molar-refractivity contribution in [1.29, 1.82) is 0 Å². The molecular formula is C27H34AcO3. The molecule has 0 bridgehead atoms. The SMILES string of the molecule is CC1(/C=C/C=C/C(O)C2(CC#Cc3ccccc3)CCC2)CCCCC12OCCO2.[Ac]. The van der Waals surface area contributed by atoms with Gasteiger partial charge in [-0.15, -0.1) is 0 Å². The second-order valence-corrected chi connectivity index (χ2v) is 9.32. The van der Waals surface area contributed by atoms with Gasteiger partial charge in [0, 0.05) is 73.3 Å². The van der Waals surface area contributed by atoms with Crippen LogP contribution >= 0.6 is 0 Å². The number of aliphatic hydroxyl groups excluding tert-OH is 1. The fourth-order valence-electron chi connectivity index (χ4n) is 5.16. The van der Waals surface area contributed by atoms with Gasteiger partial charge in [-0.1, -0.05) is 74.1 Å². The van der Waals surface area contributed by atoms with Crippen molar-refractivity contribution in [3.63, 3.8) is 0 Å². The van der Waals surface area contributed by atoms with Gasteiger partial charge in [-0.25, -0.2) is 0 Å². The molecule has 3 fully saturated rings. The first-order valence-electron chi connectivity index (χ1n) is 11.4. The fourth-order valence-corrected chi connectivity index (χ4v) is 5.16. The Hall–Kier alpha value is -0.418. The zero-order valence-electron chi connectivity index (χ0n) is 18.7. The standard InChI is InChI=1S/C27H34O3.Ac/c1-25(16-7-8-20-27(25)29-21-22-30-27)15-6-5-14-24(28)26(18-10-19-26)17-9-13-23-11-3-2-4-12-23;/h2-6,11-12,14-15,24,28H,7-8,10,16-22H2,1H3;/b14-5+,15-6+;. The maximum atomic E-state index is 10.9. The second-order valence-electron chi connectivity index (χ2n) is 9.32. The largest absolute Gasteiger partial charge is 0.388 e. The molecule has 1 saturated heterocycles. The van der Waals surface area contributed by atoms with E-state index in [0.29, 0.717) is 13.2 Å². The molecule has 0 amide bonds. The Balaban J connectivity index is 0.00000272. The van der Waals surface area contributed by atoms with Gasteiger partial charge in [0.25, 0.3) is 0 Å². The third kappa shape index (κ3) is 5.57. The maximum Gasteiger partial charge on any atom is 0.177 e. The van der Waals surface area contributed by atoms with Crippen molar-refractivity contribution in [3.8, 4) is 11.8 Å². The van der Waals surface area contributed by atoms with E-state index < -0.39 is 11.9 Å². The summed E-state index contributed by atoms with van der Waals surface area (Å²) in [6.45, 7) is 3.61. The van der Waals surface area contributed by atoms with Crippen molar-refractivity contribution < 1.29 is 58.6 Å². The number of aliphatic hydroxyl groups is 1. The van der Waals surface area contributed by atoms with Gasteiger partial charge >= 0.3 is 0 Å². The van der Waals surface area contributed by atoms with E-state index in [2.05, 4.69) is 30.9 Å². The molecule has 1 radical (unpaired) electrons. The molecule has 1 aromatic rings. The number of hydrogen-bond acceptors (Lipinski definition) is 3. The summed E-state index contributed by atoms with van der Waals surface area (Å²) < 4.78 is 12.1. The minimum Gasteiger partial charge on any atom is -0.388 e. The first kappa shape index (κ1) is 25.2. The third-order valence-electron chi connectivity index (χ3n) is 7.37. The molecule has 1 aromatic carbocycles. The average molecular weight is 634 g/mol. The van der Waals surface area contributed by atoms with Gasteiger partial charge in [0.1, 0.15) is 0 Å². The van der Waals surface area contributed by atoms with Crippen LogP contribution in [0.25, 0.3) is 0 Å². The van der Waals surface area contributed by atoms with Crippen LogP contribution in [-0.2, 0) is 9.47 Å². The first-order chi connectivity index (χ1) is 14.6. The minimum absolute atomic E-state index is 0. The van der Waals surface area contributed by atoms with Crippen molar-refractivity contribution in [1.82, 2.24) is 0 Å². The molecule has 31 heavy (non-hydrogen) atoms. The number of benzene rings is 1. The van der Waals surface area contributed by atoms with E-state index in [-0.39, 0.29) is 54.9 Å². The molecule has 3 nitrogen and oxygen atoms in total. The Morgan fingerprint density at radius 1 is 1.00 bits per heavy atom. The van der Waals surface area contributed by atoms with Crippen LogP contribution in [-0.4, -0.2) is 30.2 Å². The molecule has 2 atom stereocenters. The molecule has 1 spiro atoms. The van der Waals surface area contributed by atoms with E-state index in [1.54, 1.807) is 0 Å². The topological polar surface area (TPSA) is 38.7 Å². The molecule has 2 aliphatic carbocycles. The molecule has 1 heterocycles. The Morgan fingerprint density at radius 2 is 1.71 bits per heavy atom. The smallest absolute Gasteiger partial charge is 0.177 e. The van der Waals surface area contributed by atoms with Gasteiger partial charge in [-0.3, -0.25) is 0 Å². The average Bonchev–Trinajstić information content (AvgIpc) is 3.21. The molecule has 3 aliphatic rings. The molecule has 1 N–H and O–H groups in total. The summed E-state index contributed by atoms with van der Waals surface area (Å²) in [5.41, 5.74) is 0.817. The van der Waals surface area contributed by atoms with Crippen molar-refractivity contribution >= 4 is 0 Å². The zero-order valence-corrected chi connectivity index (χ0v) is 23.4. The summed E-state index contributed by atoms with van der Waals surface area (Å²) in [6, 6.07) is 10.1. The molecule has 163 valence electrons. The van der Waals surface area contributed by atoms with Crippen LogP contribution in [0, 0.1) is 66.7 Å². The number of rotatable bonds is 5. The Morgan fingerprint density at radius 3 is 2.39 bits per heavy atom. The van der Waals surface area contributed by atoms with E-state index >= 15 is 0 Å². The molecular weight excluding hydrogens is 599 g/mol. The number of allylic oxidation sites excluding steroid dienone is 2. The third-order valence-corrected chi connectivity index (χ3v) is 7.37. The van der Waals surface area contributed by atoms with Gasteiger partial charge in [0.15, 0.2) is 5.79 Å². The Kier molecular flexibility index (Phi) is 9.06. The monoisotopic (exact) mass is 633 g/mol. The summed E-state index contributed by atoms with van der Waals surface area (Å²) >= 11 is 0. The second kappa shape index (κ2) is 11.1. The fraction of sp³-hybridized carbons (Fsp3) is 0.556. The minimum atomic E-state index is -0.465. The Bertz CT molecular complexity index is 825. The van der Waals surface area contributed by atoms with Crippen LogP contribution in [0.1, 0.15) is 63.9 Å². The summed E-state index contributed by atoms with van der Waals surface area (Å²) in [5.74, 6) is 6.09. The number of ether oxygens (including phenoxy) is 2. The van der Waals surface area contributed by atoms with E-state index in [0.717, 1.165) is 44.1 Å². The van der Waals surface area contributed by atoms with Gasteiger partial charge in [-0.2, -0.15) is 0 Å². The molecule has 2 saturated carbocycles. The van der Waals surface area contributed by atoms with Crippen molar-refractivity contribution in [2.45, 2.75) is 70.2 Å². The normalized spacial score (nSPS) is 27.4. The van der Waals surface area contributed by atoms with E-state index in [1.807, 2.05) is 42.5 Å². The summed E-state index contributed by atoms with van der Waals surface area (Å²) in [6.07, 6.45) is 16.1. The van der Waals surface area contributed by atoms with Gasteiger partial charge in [-0.05, 0) is 37.8 Å². The molecule has 4 heteroatoms. The van der Waals surface area contributed by atoms with Crippen LogP contribution in [0.15, 0.2) is 54.6 Å². The van der Waals surface area contributed by atoms with Gasteiger partial charge < -0.3 is 14.6 Å². The molecule has 2 unspecified atom stereocenters. The maximum absolute atomic E-state index is 10.9. The summed E-state index contributed by atoms with van der Waals surface area (Å²) in [5, 5.41) is 10.9. The molecule has 0 aromatic heterocycles.